The Hall–Kier alpha value is -4.68. The van der Waals surface area contributed by atoms with Crippen LogP contribution in [-0.4, -0.2) is 44.9 Å². The molecule has 3 aromatic heterocycles. The summed E-state index contributed by atoms with van der Waals surface area (Å²) < 4.78 is 48.4. The van der Waals surface area contributed by atoms with Gasteiger partial charge in [0.25, 0.3) is 5.91 Å². The topological polar surface area (TPSA) is 120 Å². The summed E-state index contributed by atoms with van der Waals surface area (Å²) in [5.74, 6) is -0.831. The number of imidazole rings is 1. The van der Waals surface area contributed by atoms with Crippen LogP contribution < -0.4 is 20.1 Å². The van der Waals surface area contributed by atoms with E-state index in [4.69, 9.17) is 4.74 Å². The van der Waals surface area contributed by atoms with Gasteiger partial charge in [0.15, 0.2) is 11.5 Å². The lowest BCUT2D eigenvalue weighted by atomic mass is 10.1. The van der Waals surface area contributed by atoms with Crippen molar-refractivity contribution in [2.45, 2.75) is 26.3 Å². The lowest BCUT2D eigenvalue weighted by molar-refractivity contribution is -0.274. The predicted octanol–water partition coefficient (Wildman–Crippen LogP) is 4.15. The van der Waals surface area contributed by atoms with Crippen LogP contribution in [0.2, 0.25) is 0 Å². The lowest BCUT2D eigenvalue weighted by Gasteiger charge is -2.17. The van der Waals surface area contributed by atoms with Crippen LogP contribution in [0.25, 0.3) is 16.9 Å². The molecule has 10 nitrogen and oxygen atoms in total. The molecule has 0 aliphatic carbocycles. The molecule has 0 aliphatic rings. The van der Waals surface area contributed by atoms with Gasteiger partial charge in [0.2, 0.25) is 11.8 Å². The smallest absolute Gasteiger partial charge is 0.480 e. The Morgan fingerprint density at radius 3 is 2.62 bits per heavy atom. The van der Waals surface area contributed by atoms with E-state index < -0.39 is 24.1 Å². The largest absolute Gasteiger partial charge is 0.573 e. The van der Waals surface area contributed by atoms with Crippen LogP contribution in [0.4, 0.5) is 19.0 Å². The first-order valence-electron chi connectivity index (χ1n) is 10.9. The van der Waals surface area contributed by atoms with Gasteiger partial charge in [0.05, 0.1) is 25.0 Å². The third kappa shape index (κ3) is 6.12. The molecule has 0 spiro atoms. The molecule has 1 atom stereocenters. The minimum atomic E-state index is -4.83. The van der Waals surface area contributed by atoms with Crippen LogP contribution in [0.5, 0.6) is 11.6 Å². The van der Waals surface area contributed by atoms with E-state index in [0.29, 0.717) is 28.3 Å². The third-order valence-corrected chi connectivity index (χ3v) is 5.15. The number of nitrogens with zero attached hydrogens (tertiary/aromatic N) is 4. The molecule has 192 valence electrons. The fourth-order valence-corrected chi connectivity index (χ4v) is 3.53. The second-order valence-electron chi connectivity index (χ2n) is 7.92. The Labute approximate surface area is 208 Å². The van der Waals surface area contributed by atoms with Gasteiger partial charge < -0.3 is 20.1 Å². The Morgan fingerprint density at radius 1 is 1.14 bits per heavy atom. The van der Waals surface area contributed by atoms with Crippen molar-refractivity contribution in [1.82, 2.24) is 24.9 Å². The number of nitrogens with one attached hydrogen (secondary N) is 2. The average molecular weight is 514 g/mol. The number of pyridine rings is 1. The van der Waals surface area contributed by atoms with Gasteiger partial charge in [0.1, 0.15) is 11.3 Å². The average Bonchev–Trinajstić information content (AvgIpc) is 3.23. The summed E-state index contributed by atoms with van der Waals surface area (Å²) in [6.45, 7) is 2.99. The fourth-order valence-electron chi connectivity index (χ4n) is 3.53. The number of carbonyl (C=O) groups is 2. The highest BCUT2D eigenvalue weighted by Crippen LogP contribution is 2.27. The molecule has 0 saturated carbocycles. The number of halogens is 3. The van der Waals surface area contributed by atoms with E-state index >= 15 is 0 Å². The fraction of sp³-hybridized carbons (Fsp3) is 0.208. The first-order valence-corrected chi connectivity index (χ1v) is 10.9. The second kappa shape index (κ2) is 10.1. The molecule has 4 aromatic rings. The maximum atomic E-state index is 13.1. The first kappa shape index (κ1) is 25.4. The van der Waals surface area contributed by atoms with Crippen molar-refractivity contribution in [2.75, 3.05) is 12.4 Å². The number of hydrogen-bond acceptors (Lipinski definition) is 7. The van der Waals surface area contributed by atoms with Crippen LogP contribution in [0, 0.1) is 0 Å². The highest BCUT2D eigenvalue weighted by atomic mass is 19.4. The number of alkyl halides is 3. The van der Waals surface area contributed by atoms with E-state index in [1.54, 1.807) is 31.3 Å². The zero-order chi connectivity index (χ0) is 26.7. The molecule has 2 N–H and O–H groups in total. The molecule has 0 fully saturated rings. The van der Waals surface area contributed by atoms with Crippen molar-refractivity contribution in [3.05, 3.63) is 66.0 Å². The van der Waals surface area contributed by atoms with Crippen LogP contribution >= 0.6 is 0 Å². The van der Waals surface area contributed by atoms with Gasteiger partial charge in [-0.2, -0.15) is 5.10 Å². The molecular weight excluding hydrogens is 493 g/mol. The monoisotopic (exact) mass is 514 g/mol. The number of amides is 2. The molecular formula is C24H21F3N6O4. The number of hydrogen-bond donors (Lipinski definition) is 2. The maximum absolute atomic E-state index is 13.1. The van der Waals surface area contributed by atoms with Crippen LogP contribution in [0.15, 0.2) is 54.9 Å². The van der Waals surface area contributed by atoms with Gasteiger partial charge in [-0.1, -0.05) is 12.1 Å². The van der Waals surface area contributed by atoms with Crippen LogP contribution in [-0.2, 0) is 4.79 Å². The van der Waals surface area contributed by atoms with Crippen molar-refractivity contribution >= 4 is 23.3 Å². The predicted molar refractivity (Wildman–Crippen MR) is 126 cm³/mol. The molecule has 2 amide bonds. The summed E-state index contributed by atoms with van der Waals surface area (Å²) in [5.41, 5.74) is 1.96. The molecule has 4 rings (SSSR count). The Bertz CT molecular complexity index is 1470. The normalized spacial score (nSPS) is 12.2. The number of rotatable bonds is 7. The number of carbonyl (C=O) groups excluding carboxylic acids is 2. The summed E-state index contributed by atoms with van der Waals surface area (Å²) in [6, 6.07) is 9.59. The van der Waals surface area contributed by atoms with E-state index in [1.807, 2.05) is 0 Å². The van der Waals surface area contributed by atoms with E-state index in [1.165, 1.54) is 49.0 Å². The van der Waals surface area contributed by atoms with Crippen molar-refractivity contribution in [3.8, 4) is 22.9 Å². The Kier molecular flexibility index (Phi) is 6.96. The first-order chi connectivity index (χ1) is 17.5. The standard InChI is InChI=1S/C24H21F3N6O4/c1-13(15-5-4-6-17(9-15)37-24(25,26)27)29-22(35)18-10-16(11-28-23(18)36-3)19-7-8-21-31-20(30-14(2)34)12-33(21)32-19/h4-13H,1-3H3,(H,29,35)(H,30,34)/t13-/m0/s1. The summed E-state index contributed by atoms with van der Waals surface area (Å²) in [6.07, 6.45) is -1.80. The van der Waals surface area contributed by atoms with Gasteiger partial charge in [-0.3, -0.25) is 9.59 Å². The summed E-state index contributed by atoms with van der Waals surface area (Å²) in [4.78, 5) is 32.8. The number of fused-ring (bicyclic) bond motifs is 1. The minimum Gasteiger partial charge on any atom is -0.480 e. The molecule has 3 heterocycles. The van der Waals surface area contributed by atoms with Crippen molar-refractivity contribution in [2.24, 2.45) is 0 Å². The number of anilines is 1. The minimum absolute atomic E-state index is 0.0549. The zero-order valence-electron chi connectivity index (χ0n) is 19.8. The van der Waals surface area contributed by atoms with Crippen molar-refractivity contribution in [3.63, 3.8) is 0 Å². The SMILES string of the molecule is COc1ncc(-c2ccc3nc(NC(C)=O)cn3n2)cc1C(=O)N[C@@H](C)c1cccc(OC(F)(F)F)c1. The lowest BCUT2D eigenvalue weighted by Crippen LogP contribution is -2.27. The number of aromatic nitrogens is 4. The van der Waals surface area contributed by atoms with Gasteiger partial charge in [-0.25, -0.2) is 14.5 Å². The van der Waals surface area contributed by atoms with E-state index in [9.17, 15) is 22.8 Å². The summed E-state index contributed by atoms with van der Waals surface area (Å²) >= 11 is 0. The molecule has 0 radical (unpaired) electrons. The summed E-state index contributed by atoms with van der Waals surface area (Å²) in [7, 11) is 1.36. The number of methoxy groups -OCH3 is 1. The van der Waals surface area contributed by atoms with E-state index in [-0.39, 0.29) is 17.4 Å². The maximum Gasteiger partial charge on any atom is 0.573 e. The van der Waals surface area contributed by atoms with Gasteiger partial charge in [-0.05, 0) is 42.8 Å². The number of ether oxygens (including phenoxy) is 2. The zero-order valence-corrected chi connectivity index (χ0v) is 19.8. The second-order valence-corrected chi connectivity index (χ2v) is 7.92. The Balaban J connectivity index is 1.58. The number of benzene rings is 1. The molecule has 13 heteroatoms. The molecule has 0 saturated heterocycles. The van der Waals surface area contributed by atoms with Gasteiger partial charge in [-0.15, -0.1) is 13.2 Å². The Morgan fingerprint density at radius 2 is 1.92 bits per heavy atom. The molecule has 37 heavy (non-hydrogen) atoms. The van der Waals surface area contributed by atoms with Crippen molar-refractivity contribution in [1.29, 1.82) is 0 Å². The summed E-state index contributed by atoms with van der Waals surface area (Å²) in [5, 5.41) is 9.78. The van der Waals surface area contributed by atoms with Crippen LogP contribution in [0.3, 0.4) is 0 Å². The molecule has 1 aromatic carbocycles. The van der Waals surface area contributed by atoms with Gasteiger partial charge in [0, 0.05) is 18.7 Å². The van der Waals surface area contributed by atoms with Crippen molar-refractivity contribution < 1.29 is 32.2 Å². The van der Waals surface area contributed by atoms with E-state index in [0.717, 1.165) is 0 Å². The third-order valence-electron chi connectivity index (χ3n) is 5.15. The van der Waals surface area contributed by atoms with Gasteiger partial charge >= 0.3 is 6.36 Å². The highest BCUT2D eigenvalue weighted by Gasteiger charge is 2.31. The highest BCUT2D eigenvalue weighted by molar-refractivity contribution is 5.97. The van der Waals surface area contributed by atoms with Crippen LogP contribution in [0.1, 0.15) is 35.8 Å². The molecule has 0 bridgehead atoms. The molecule has 0 unspecified atom stereocenters. The van der Waals surface area contributed by atoms with E-state index in [2.05, 4.69) is 30.4 Å². The quantitative estimate of drug-likeness (QED) is 0.380. The molecule has 0 aliphatic heterocycles.